The summed E-state index contributed by atoms with van der Waals surface area (Å²) >= 11 is 0. The van der Waals surface area contributed by atoms with Crippen molar-refractivity contribution in [1.29, 1.82) is 0 Å². The Morgan fingerprint density at radius 3 is 2.52 bits per heavy atom. The van der Waals surface area contributed by atoms with E-state index in [-0.39, 0.29) is 5.69 Å². The third-order valence-electron chi connectivity index (χ3n) is 2.53. The molecule has 0 saturated carbocycles. The Kier molecular flexibility index (Phi) is 6.63. The summed E-state index contributed by atoms with van der Waals surface area (Å²) in [6.45, 7) is 1.11. The molecule has 122 valence electrons. The van der Waals surface area contributed by atoms with Crippen LogP contribution in [0, 0.1) is 5.82 Å². The van der Waals surface area contributed by atoms with Gasteiger partial charge in [-0.25, -0.2) is 9.37 Å². The summed E-state index contributed by atoms with van der Waals surface area (Å²) < 4.78 is 13.1. The zero-order chi connectivity index (χ0) is 17.4. The number of aromatic hydroxyl groups is 1. The van der Waals surface area contributed by atoms with Gasteiger partial charge in [0, 0.05) is 18.7 Å². The number of carbonyl (C=O) groups excluding carboxylic acids is 2. The van der Waals surface area contributed by atoms with Crippen molar-refractivity contribution in [3.8, 4) is 16.9 Å². The first-order chi connectivity index (χ1) is 11.0. The van der Waals surface area contributed by atoms with Crippen LogP contribution in [-0.2, 0) is 9.63 Å². The molecule has 0 saturated heterocycles. The lowest BCUT2D eigenvalue weighted by atomic mass is 10.1. The second-order valence-electron chi connectivity index (χ2n) is 4.13. The predicted molar refractivity (Wildman–Crippen MR) is 80.6 cm³/mol. The molecule has 1 aromatic carbocycles. The average Bonchev–Trinajstić information content (AvgIpc) is 2.54. The zero-order valence-corrected chi connectivity index (χ0v) is 12.5. The fourth-order valence-corrected chi connectivity index (χ4v) is 1.62. The lowest BCUT2D eigenvalue weighted by Crippen LogP contribution is -2.26. The van der Waals surface area contributed by atoms with Crippen LogP contribution in [-0.4, -0.2) is 29.0 Å². The van der Waals surface area contributed by atoms with Gasteiger partial charge in [-0.05, 0) is 30.8 Å². The van der Waals surface area contributed by atoms with Crippen LogP contribution >= 0.6 is 0 Å². The molecular weight excluding hydrogens is 305 g/mol. The molecule has 0 aliphatic heterocycles. The van der Waals surface area contributed by atoms with E-state index in [2.05, 4.69) is 15.6 Å². The topological polar surface area (TPSA) is 115 Å². The van der Waals surface area contributed by atoms with E-state index in [0.29, 0.717) is 11.1 Å². The van der Waals surface area contributed by atoms with Crippen LogP contribution in [0.25, 0.3) is 11.1 Å². The minimum atomic E-state index is -0.867. The summed E-state index contributed by atoms with van der Waals surface area (Å²) in [5, 5.41) is 9.80. The first-order valence-electron chi connectivity index (χ1n) is 6.48. The lowest BCUT2D eigenvalue weighted by molar-refractivity contribution is -0.146. The number of amides is 1. The fourth-order valence-electron chi connectivity index (χ4n) is 1.62. The second-order valence-corrected chi connectivity index (χ2v) is 4.13. The van der Waals surface area contributed by atoms with Gasteiger partial charge >= 0.3 is 11.9 Å². The number of nitrogens with one attached hydrogen (secondary N) is 1. The molecular formula is C15H16FN3O4. The molecule has 0 spiro atoms. The number of benzene rings is 1. The average molecular weight is 321 g/mol. The van der Waals surface area contributed by atoms with E-state index >= 15 is 0 Å². The molecule has 0 bridgehead atoms. The molecule has 0 aliphatic carbocycles. The van der Waals surface area contributed by atoms with Gasteiger partial charge in [-0.2, -0.15) is 5.48 Å². The highest BCUT2D eigenvalue weighted by atomic mass is 19.1. The molecule has 7 nitrogen and oxygen atoms in total. The third-order valence-corrected chi connectivity index (χ3v) is 2.53. The van der Waals surface area contributed by atoms with Crippen molar-refractivity contribution in [2.24, 2.45) is 5.73 Å². The summed E-state index contributed by atoms with van der Waals surface area (Å²) in [6.07, 6.45) is 1.30. The molecule has 8 heteroatoms. The zero-order valence-electron chi connectivity index (χ0n) is 12.5. The van der Waals surface area contributed by atoms with Crippen LogP contribution in [0.4, 0.5) is 4.39 Å². The molecule has 1 amide bonds. The molecule has 1 aromatic heterocycles. The number of nitrogens with zero attached hydrogens (tertiary/aromatic N) is 1. The van der Waals surface area contributed by atoms with E-state index in [0.717, 1.165) is 6.92 Å². The van der Waals surface area contributed by atoms with Crippen molar-refractivity contribution in [2.75, 3.05) is 7.05 Å². The Bertz CT molecular complexity index is 707. The van der Waals surface area contributed by atoms with E-state index < -0.39 is 23.4 Å². The highest BCUT2D eigenvalue weighted by Crippen LogP contribution is 2.25. The fraction of sp³-hybridized carbons (Fsp3) is 0.133. The quantitative estimate of drug-likeness (QED) is 0.720. The van der Waals surface area contributed by atoms with Crippen molar-refractivity contribution < 1.29 is 23.9 Å². The van der Waals surface area contributed by atoms with Crippen LogP contribution in [0.2, 0.25) is 0 Å². The molecule has 2 aromatic rings. The molecule has 4 N–H and O–H groups in total. The molecule has 0 radical (unpaired) electrons. The molecule has 1 heterocycles. The number of pyridine rings is 1. The van der Waals surface area contributed by atoms with Gasteiger partial charge in [-0.3, -0.25) is 9.59 Å². The number of rotatable bonds is 2. The summed E-state index contributed by atoms with van der Waals surface area (Å²) in [5.41, 5.74) is 6.97. The van der Waals surface area contributed by atoms with Crippen LogP contribution in [0.5, 0.6) is 5.75 Å². The van der Waals surface area contributed by atoms with Gasteiger partial charge in [0.05, 0.1) is 0 Å². The van der Waals surface area contributed by atoms with Crippen molar-refractivity contribution in [1.82, 2.24) is 10.5 Å². The van der Waals surface area contributed by atoms with Crippen molar-refractivity contribution in [3.05, 3.63) is 48.0 Å². The molecule has 0 atom stereocenters. The maximum Gasteiger partial charge on any atom is 0.329 e. The highest BCUT2D eigenvalue weighted by molar-refractivity contribution is 5.95. The lowest BCUT2D eigenvalue weighted by Gasteiger charge is -2.07. The summed E-state index contributed by atoms with van der Waals surface area (Å²) in [6, 6.07) is 6.98. The third kappa shape index (κ3) is 5.04. The second kappa shape index (κ2) is 8.44. The van der Waals surface area contributed by atoms with Crippen LogP contribution in [0.1, 0.15) is 17.4 Å². The Hall–Kier alpha value is -3.00. The Labute approximate surface area is 131 Å². The van der Waals surface area contributed by atoms with Gasteiger partial charge in [0.15, 0.2) is 5.69 Å². The van der Waals surface area contributed by atoms with E-state index in [1.807, 2.05) is 5.48 Å². The number of hydrogen-bond acceptors (Lipinski definition) is 6. The van der Waals surface area contributed by atoms with Gasteiger partial charge in [-0.15, -0.1) is 0 Å². The minimum Gasteiger partial charge on any atom is -0.505 e. The molecule has 0 unspecified atom stereocenters. The number of halogens is 1. The summed E-state index contributed by atoms with van der Waals surface area (Å²) in [4.78, 5) is 30.3. The maximum atomic E-state index is 13.1. The van der Waals surface area contributed by atoms with E-state index in [1.165, 1.54) is 37.5 Å². The summed E-state index contributed by atoms with van der Waals surface area (Å²) in [5.74, 6) is -2.42. The van der Waals surface area contributed by atoms with Gasteiger partial charge in [0.1, 0.15) is 11.6 Å². The minimum absolute atomic E-state index is 0.309. The normalized spacial score (nSPS) is 9.39. The Morgan fingerprint density at radius 1 is 1.26 bits per heavy atom. The number of hydroxylamine groups is 1. The van der Waals surface area contributed by atoms with Crippen molar-refractivity contribution in [2.45, 2.75) is 6.92 Å². The van der Waals surface area contributed by atoms with E-state index in [4.69, 9.17) is 0 Å². The predicted octanol–water partition coefficient (Wildman–Crippen LogP) is 1.38. The Morgan fingerprint density at radius 2 is 1.96 bits per heavy atom. The smallest absolute Gasteiger partial charge is 0.329 e. The number of aromatic nitrogens is 1. The number of carbonyl (C=O) groups is 2. The van der Waals surface area contributed by atoms with Crippen molar-refractivity contribution >= 4 is 11.9 Å². The van der Waals surface area contributed by atoms with Gasteiger partial charge in [0.25, 0.3) is 0 Å². The molecule has 0 aliphatic rings. The number of hydrogen-bond donors (Lipinski definition) is 3. The monoisotopic (exact) mass is 321 g/mol. The van der Waals surface area contributed by atoms with Crippen LogP contribution in [0.15, 0.2) is 36.5 Å². The number of nitrogens with two attached hydrogens (primary N) is 1. The van der Waals surface area contributed by atoms with Gasteiger partial charge in [-0.1, -0.05) is 12.1 Å². The SMILES string of the molecule is CC(=O)ONC(=O)c1ncc(-c2cccc(F)c2)cc1O.CN. The van der Waals surface area contributed by atoms with E-state index in [9.17, 15) is 19.1 Å². The van der Waals surface area contributed by atoms with Crippen molar-refractivity contribution in [3.63, 3.8) is 0 Å². The van der Waals surface area contributed by atoms with E-state index in [1.54, 1.807) is 6.07 Å². The summed E-state index contributed by atoms with van der Waals surface area (Å²) in [7, 11) is 1.50. The molecule has 0 fully saturated rings. The first kappa shape index (κ1) is 18.1. The Balaban J connectivity index is 0.00000127. The van der Waals surface area contributed by atoms with Gasteiger partial charge in [0.2, 0.25) is 0 Å². The molecule has 23 heavy (non-hydrogen) atoms. The van der Waals surface area contributed by atoms with Crippen LogP contribution in [0.3, 0.4) is 0 Å². The largest absolute Gasteiger partial charge is 0.505 e. The van der Waals surface area contributed by atoms with Gasteiger partial charge < -0.3 is 15.7 Å². The maximum absolute atomic E-state index is 13.1. The standard InChI is InChI=1S/C14H11FN2O4.CH5N/c1-8(18)21-17-14(20)13-12(19)6-10(7-16-13)9-3-2-4-11(15)5-9;1-2/h2-7,19H,1H3,(H,17,20);2H2,1H3. The molecule has 2 rings (SSSR count). The highest BCUT2D eigenvalue weighted by Gasteiger charge is 2.15. The first-order valence-corrected chi connectivity index (χ1v) is 6.48. The van der Waals surface area contributed by atoms with Crippen LogP contribution < -0.4 is 11.2 Å².